The Hall–Kier alpha value is -1.45. The van der Waals surface area contributed by atoms with Crippen molar-refractivity contribution in [2.45, 2.75) is 17.9 Å². The van der Waals surface area contributed by atoms with E-state index < -0.39 is 0 Å². The number of thioether (sulfide) groups is 1. The Labute approximate surface area is 125 Å². The first-order valence-corrected chi connectivity index (χ1v) is 7.88. The number of ether oxygens (including phenoxy) is 1. The third-order valence-corrected chi connectivity index (χ3v) is 4.28. The van der Waals surface area contributed by atoms with Gasteiger partial charge in [-0.2, -0.15) is 0 Å². The first-order chi connectivity index (χ1) is 9.85. The van der Waals surface area contributed by atoms with Crippen LogP contribution in [0.2, 0.25) is 0 Å². The first kappa shape index (κ1) is 14.9. The van der Waals surface area contributed by atoms with Gasteiger partial charge in [0.15, 0.2) is 0 Å². The highest BCUT2D eigenvalue weighted by molar-refractivity contribution is 7.99. The standard InChI is InChI=1S/C17H21NOS/c1-3-18-15(14-9-5-4-6-10-14)13-20-17-12-8-7-11-16(17)19-2/h4-12,15,18H,3,13H2,1-2H3. The van der Waals surface area contributed by atoms with E-state index in [0.717, 1.165) is 18.0 Å². The summed E-state index contributed by atoms with van der Waals surface area (Å²) in [5.74, 6) is 1.93. The van der Waals surface area contributed by atoms with Gasteiger partial charge in [-0.3, -0.25) is 0 Å². The summed E-state index contributed by atoms with van der Waals surface area (Å²) in [6, 6.07) is 19.1. The molecule has 0 spiro atoms. The topological polar surface area (TPSA) is 21.3 Å². The van der Waals surface area contributed by atoms with E-state index >= 15 is 0 Å². The van der Waals surface area contributed by atoms with Crippen LogP contribution in [0.25, 0.3) is 0 Å². The molecule has 2 nitrogen and oxygen atoms in total. The van der Waals surface area contributed by atoms with Crippen molar-refractivity contribution in [2.75, 3.05) is 19.4 Å². The fraction of sp³-hybridized carbons (Fsp3) is 0.294. The Morgan fingerprint density at radius 3 is 2.45 bits per heavy atom. The van der Waals surface area contributed by atoms with E-state index in [1.165, 1.54) is 10.5 Å². The van der Waals surface area contributed by atoms with Crippen molar-refractivity contribution in [1.29, 1.82) is 0 Å². The average molecular weight is 287 g/mol. The van der Waals surface area contributed by atoms with Crippen molar-refractivity contribution in [2.24, 2.45) is 0 Å². The van der Waals surface area contributed by atoms with Crippen LogP contribution >= 0.6 is 11.8 Å². The zero-order valence-corrected chi connectivity index (χ0v) is 12.8. The number of benzene rings is 2. The summed E-state index contributed by atoms with van der Waals surface area (Å²) in [4.78, 5) is 1.19. The highest BCUT2D eigenvalue weighted by Gasteiger charge is 2.11. The second-order valence-electron chi connectivity index (χ2n) is 4.48. The summed E-state index contributed by atoms with van der Waals surface area (Å²) in [5.41, 5.74) is 1.33. The number of hydrogen-bond acceptors (Lipinski definition) is 3. The Morgan fingerprint density at radius 2 is 1.75 bits per heavy atom. The molecule has 0 aromatic heterocycles. The summed E-state index contributed by atoms with van der Waals surface area (Å²) in [5, 5.41) is 3.54. The lowest BCUT2D eigenvalue weighted by atomic mass is 10.1. The molecule has 1 N–H and O–H groups in total. The quantitative estimate of drug-likeness (QED) is 0.773. The molecule has 0 bridgehead atoms. The Kier molecular flexibility index (Phi) is 5.96. The molecule has 0 radical (unpaired) electrons. The molecule has 1 atom stereocenters. The van der Waals surface area contributed by atoms with E-state index in [9.17, 15) is 0 Å². The maximum Gasteiger partial charge on any atom is 0.132 e. The molecule has 0 fully saturated rings. The second kappa shape index (κ2) is 7.98. The van der Waals surface area contributed by atoms with Crippen LogP contribution < -0.4 is 10.1 Å². The monoisotopic (exact) mass is 287 g/mol. The zero-order chi connectivity index (χ0) is 14.2. The first-order valence-electron chi connectivity index (χ1n) is 6.89. The van der Waals surface area contributed by atoms with Crippen molar-refractivity contribution < 1.29 is 4.74 Å². The zero-order valence-electron chi connectivity index (χ0n) is 12.0. The average Bonchev–Trinajstić information content (AvgIpc) is 2.52. The van der Waals surface area contributed by atoms with Gasteiger partial charge >= 0.3 is 0 Å². The molecule has 0 saturated heterocycles. The van der Waals surface area contributed by atoms with Crippen LogP contribution in [0.4, 0.5) is 0 Å². The molecule has 0 aliphatic carbocycles. The highest BCUT2D eigenvalue weighted by atomic mass is 32.2. The molecule has 0 saturated carbocycles. The molecule has 2 aromatic rings. The van der Waals surface area contributed by atoms with Gasteiger partial charge in [0, 0.05) is 16.7 Å². The molecule has 1 unspecified atom stereocenters. The molecule has 2 rings (SSSR count). The molecule has 20 heavy (non-hydrogen) atoms. The maximum absolute atomic E-state index is 5.40. The van der Waals surface area contributed by atoms with Gasteiger partial charge in [-0.05, 0) is 24.2 Å². The number of para-hydroxylation sites is 1. The van der Waals surface area contributed by atoms with Crippen molar-refractivity contribution in [3.05, 3.63) is 60.2 Å². The second-order valence-corrected chi connectivity index (χ2v) is 5.54. The summed E-state index contributed by atoms with van der Waals surface area (Å²) in [6.45, 7) is 3.11. The molecule has 0 amide bonds. The minimum absolute atomic E-state index is 0.358. The third-order valence-electron chi connectivity index (χ3n) is 3.13. The summed E-state index contributed by atoms with van der Waals surface area (Å²) in [6.07, 6.45) is 0. The molecule has 2 aromatic carbocycles. The van der Waals surface area contributed by atoms with Crippen LogP contribution in [0.15, 0.2) is 59.5 Å². The smallest absolute Gasteiger partial charge is 0.132 e. The molecule has 106 valence electrons. The summed E-state index contributed by atoms with van der Waals surface area (Å²) < 4.78 is 5.40. The van der Waals surface area contributed by atoms with Gasteiger partial charge in [0.1, 0.15) is 5.75 Å². The normalized spacial score (nSPS) is 12.1. The van der Waals surface area contributed by atoms with Crippen LogP contribution in [0.1, 0.15) is 18.5 Å². The lowest BCUT2D eigenvalue weighted by Gasteiger charge is -2.18. The fourth-order valence-corrected chi connectivity index (χ4v) is 3.24. The molecular formula is C17H21NOS. The van der Waals surface area contributed by atoms with Crippen LogP contribution in [-0.2, 0) is 0 Å². The van der Waals surface area contributed by atoms with Crippen molar-refractivity contribution >= 4 is 11.8 Å². The number of nitrogens with one attached hydrogen (secondary N) is 1. The SMILES string of the molecule is CCNC(CSc1ccccc1OC)c1ccccc1. The Balaban J connectivity index is 2.06. The van der Waals surface area contributed by atoms with Crippen molar-refractivity contribution in [3.8, 4) is 5.75 Å². The molecule has 0 aliphatic heterocycles. The summed E-state index contributed by atoms with van der Waals surface area (Å²) in [7, 11) is 1.72. The maximum atomic E-state index is 5.40. The lowest BCUT2D eigenvalue weighted by molar-refractivity contribution is 0.405. The molecule has 0 heterocycles. The van der Waals surface area contributed by atoms with E-state index in [2.05, 4.69) is 54.7 Å². The van der Waals surface area contributed by atoms with E-state index in [1.807, 2.05) is 23.9 Å². The molecule has 3 heteroatoms. The Morgan fingerprint density at radius 1 is 1.05 bits per heavy atom. The van der Waals surface area contributed by atoms with E-state index in [0.29, 0.717) is 6.04 Å². The van der Waals surface area contributed by atoms with Crippen molar-refractivity contribution in [1.82, 2.24) is 5.32 Å². The van der Waals surface area contributed by atoms with Gasteiger partial charge in [-0.25, -0.2) is 0 Å². The van der Waals surface area contributed by atoms with Crippen LogP contribution in [0.3, 0.4) is 0 Å². The summed E-state index contributed by atoms with van der Waals surface area (Å²) >= 11 is 1.83. The molecule has 0 aliphatic rings. The van der Waals surface area contributed by atoms with E-state index in [4.69, 9.17) is 4.74 Å². The van der Waals surface area contributed by atoms with Gasteiger partial charge in [-0.1, -0.05) is 49.4 Å². The molecular weight excluding hydrogens is 266 g/mol. The third kappa shape index (κ3) is 4.02. The van der Waals surface area contributed by atoms with Gasteiger partial charge in [0.25, 0.3) is 0 Å². The number of hydrogen-bond donors (Lipinski definition) is 1. The van der Waals surface area contributed by atoms with Crippen LogP contribution in [0.5, 0.6) is 5.75 Å². The predicted octanol–water partition coefficient (Wildman–Crippen LogP) is 4.14. The number of rotatable bonds is 7. The van der Waals surface area contributed by atoms with Gasteiger partial charge in [-0.15, -0.1) is 11.8 Å². The number of methoxy groups -OCH3 is 1. The van der Waals surface area contributed by atoms with E-state index in [1.54, 1.807) is 7.11 Å². The minimum Gasteiger partial charge on any atom is -0.496 e. The highest BCUT2D eigenvalue weighted by Crippen LogP contribution is 2.31. The van der Waals surface area contributed by atoms with Crippen molar-refractivity contribution in [3.63, 3.8) is 0 Å². The van der Waals surface area contributed by atoms with Gasteiger partial charge in [0.05, 0.1) is 7.11 Å². The van der Waals surface area contributed by atoms with Crippen LogP contribution in [0, 0.1) is 0 Å². The predicted molar refractivity (Wildman–Crippen MR) is 86.6 cm³/mol. The largest absolute Gasteiger partial charge is 0.496 e. The Bertz CT molecular complexity index is 515. The fourth-order valence-electron chi connectivity index (χ4n) is 2.12. The van der Waals surface area contributed by atoms with Gasteiger partial charge < -0.3 is 10.1 Å². The lowest BCUT2D eigenvalue weighted by Crippen LogP contribution is -2.22. The minimum atomic E-state index is 0.358. The van der Waals surface area contributed by atoms with E-state index in [-0.39, 0.29) is 0 Å². The van der Waals surface area contributed by atoms with Crippen LogP contribution in [-0.4, -0.2) is 19.4 Å². The van der Waals surface area contributed by atoms with Gasteiger partial charge in [0.2, 0.25) is 0 Å².